The topological polar surface area (TPSA) is 185 Å². The van der Waals surface area contributed by atoms with Crippen LogP contribution in [0.3, 0.4) is 0 Å². The summed E-state index contributed by atoms with van der Waals surface area (Å²) in [6.45, 7) is 14.5. The van der Waals surface area contributed by atoms with Crippen LogP contribution in [-0.2, 0) is 36.9 Å². The van der Waals surface area contributed by atoms with Crippen LogP contribution in [0, 0.1) is 11.7 Å². The molecule has 4 rings (SSSR count). The zero-order chi connectivity index (χ0) is 38.1. The molecule has 0 aromatic heterocycles. The van der Waals surface area contributed by atoms with Crippen LogP contribution in [0.4, 0.5) is 4.39 Å². The summed E-state index contributed by atoms with van der Waals surface area (Å²) in [5.74, 6) is -6.11. The molecule has 0 aliphatic carbocycles. The number of carbonyl (C=O) groups is 5. The van der Waals surface area contributed by atoms with Gasteiger partial charge in [0.1, 0.15) is 11.6 Å². The maximum atomic E-state index is 13.6. The molecular formula is C37H52FN3O10. The highest BCUT2D eigenvalue weighted by atomic mass is 19.1. The molecule has 0 saturated carbocycles. The van der Waals surface area contributed by atoms with Gasteiger partial charge in [0.15, 0.2) is 0 Å². The van der Waals surface area contributed by atoms with E-state index in [-0.39, 0.29) is 17.8 Å². The molecule has 2 aromatic rings. The summed E-state index contributed by atoms with van der Waals surface area (Å²) in [6.07, 6.45) is 6.16. The smallest absolute Gasteiger partial charge is 0.414 e. The number of amides is 1. The molecule has 0 radical (unpaired) electrons. The highest BCUT2D eigenvalue weighted by molar-refractivity contribution is 6.27. The number of carboxylic acids is 4. The number of nitrogens with zero attached hydrogens (tertiary/aromatic N) is 3. The van der Waals surface area contributed by atoms with Gasteiger partial charge in [-0.15, -0.1) is 0 Å². The molecule has 2 aliphatic rings. The quantitative estimate of drug-likeness (QED) is 0.226. The number of hydrogen-bond acceptors (Lipinski definition) is 8. The van der Waals surface area contributed by atoms with E-state index >= 15 is 0 Å². The lowest BCUT2D eigenvalue weighted by Gasteiger charge is -2.39. The molecule has 2 fully saturated rings. The van der Waals surface area contributed by atoms with E-state index in [1.165, 1.54) is 37.9 Å². The fraction of sp³-hybridized carbons (Fsp3) is 0.541. The second-order valence-corrected chi connectivity index (χ2v) is 13.3. The van der Waals surface area contributed by atoms with E-state index in [2.05, 4.69) is 37.5 Å². The molecule has 2 saturated heterocycles. The van der Waals surface area contributed by atoms with Crippen molar-refractivity contribution in [2.75, 3.05) is 32.8 Å². The largest absolute Gasteiger partial charge is 0.493 e. The van der Waals surface area contributed by atoms with E-state index < -0.39 is 23.9 Å². The zero-order valence-corrected chi connectivity index (χ0v) is 29.9. The van der Waals surface area contributed by atoms with Crippen LogP contribution in [0.25, 0.3) is 0 Å². The fourth-order valence-electron chi connectivity index (χ4n) is 6.07. The summed E-state index contributed by atoms with van der Waals surface area (Å²) in [6, 6.07) is 16.1. The first-order valence-electron chi connectivity index (χ1n) is 17.2. The van der Waals surface area contributed by atoms with Gasteiger partial charge in [-0.3, -0.25) is 9.69 Å². The zero-order valence-electron chi connectivity index (χ0n) is 29.9. The van der Waals surface area contributed by atoms with Gasteiger partial charge in [0, 0.05) is 37.8 Å². The van der Waals surface area contributed by atoms with Crippen molar-refractivity contribution in [2.45, 2.75) is 90.9 Å². The average molecular weight is 718 g/mol. The highest BCUT2D eigenvalue weighted by Crippen LogP contribution is 2.25. The lowest BCUT2D eigenvalue weighted by molar-refractivity contribution is -0.159. The van der Waals surface area contributed by atoms with E-state index in [1.807, 2.05) is 29.2 Å². The predicted molar refractivity (Wildman–Crippen MR) is 187 cm³/mol. The van der Waals surface area contributed by atoms with Crippen LogP contribution < -0.4 is 4.74 Å². The Balaban J connectivity index is 0.000000645. The first kappa shape index (κ1) is 42.6. The van der Waals surface area contributed by atoms with Crippen LogP contribution in [0.5, 0.6) is 5.75 Å². The minimum absolute atomic E-state index is 0.130. The normalized spacial score (nSPS) is 17.8. The minimum atomic E-state index is -1.82. The molecule has 13 nitrogen and oxygen atoms in total. The molecule has 2 atom stereocenters. The molecule has 2 aromatic carbocycles. The number of carboxylic acid groups (broad SMARTS) is 4. The Bertz CT molecular complexity index is 1350. The first-order chi connectivity index (χ1) is 24.1. The molecule has 1 amide bonds. The van der Waals surface area contributed by atoms with E-state index in [1.54, 1.807) is 12.1 Å². The molecule has 0 bridgehead atoms. The van der Waals surface area contributed by atoms with Gasteiger partial charge in [-0.1, -0.05) is 38.1 Å². The van der Waals surface area contributed by atoms with Crippen molar-refractivity contribution in [3.63, 3.8) is 0 Å². The summed E-state index contributed by atoms with van der Waals surface area (Å²) >= 11 is 0. The number of piperidine rings is 1. The summed E-state index contributed by atoms with van der Waals surface area (Å²) in [5, 5.41) is 29.6. The van der Waals surface area contributed by atoms with Gasteiger partial charge in [0.05, 0.1) is 13.0 Å². The number of halogens is 1. The third-order valence-corrected chi connectivity index (χ3v) is 8.84. The van der Waals surface area contributed by atoms with Crippen molar-refractivity contribution in [1.29, 1.82) is 0 Å². The van der Waals surface area contributed by atoms with Crippen molar-refractivity contribution in [1.82, 2.24) is 14.7 Å². The number of rotatable bonds is 12. The number of hydrogen-bond donors (Lipinski definition) is 4. The van der Waals surface area contributed by atoms with Crippen LogP contribution in [-0.4, -0.2) is 116 Å². The first-order valence-corrected chi connectivity index (χ1v) is 17.2. The van der Waals surface area contributed by atoms with E-state index in [0.717, 1.165) is 49.4 Å². The Morgan fingerprint density at radius 2 is 1.25 bits per heavy atom. The predicted octanol–water partition coefficient (Wildman–Crippen LogP) is 4.47. The Morgan fingerprint density at radius 1 is 0.765 bits per heavy atom. The minimum Gasteiger partial charge on any atom is -0.493 e. The molecule has 2 unspecified atom stereocenters. The van der Waals surface area contributed by atoms with Gasteiger partial charge in [-0.25, -0.2) is 23.6 Å². The van der Waals surface area contributed by atoms with Gasteiger partial charge < -0.3 is 35.0 Å². The van der Waals surface area contributed by atoms with Gasteiger partial charge in [-0.05, 0) is 100 Å². The van der Waals surface area contributed by atoms with Crippen LogP contribution >= 0.6 is 0 Å². The van der Waals surface area contributed by atoms with Gasteiger partial charge in [0.2, 0.25) is 5.91 Å². The van der Waals surface area contributed by atoms with Crippen molar-refractivity contribution in [3.05, 3.63) is 65.5 Å². The van der Waals surface area contributed by atoms with Gasteiger partial charge in [0.25, 0.3) is 0 Å². The lowest BCUT2D eigenvalue weighted by atomic mass is 10.0. The Morgan fingerprint density at radius 3 is 1.73 bits per heavy atom. The SMILES string of the molecule is CC(C)COc1ccc(CC(=O)N(Cc2ccc(F)cc2)C2CCN(CCCN3C(C)CCC3C)CC2)cc1.O=C(O)C(=O)O.O=C(O)C(=O)O. The molecule has 2 heterocycles. The summed E-state index contributed by atoms with van der Waals surface area (Å²) in [4.78, 5) is 57.3. The summed E-state index contributed by atoms with van der Waals surface area (Å²) in [7, 11) is 0. The van der Waals surface area contributed by atoms with Crippen LogP contribution in [0.1, 0.15) is 70.9 Å². The maximum absolute atomic E-state index is 13.6. The molecule has 51 heavy (non-hydrogen) atoms. The average Bonchev–Trinajstić information content (AvgIpc) is 3.41. The fourth-order valence-corrected chi connectivity index (χ4v) is 6.07. The molecule has 0 spiro atoms. The Labute approximate surface area is 298 Å². The number of carbonyl (C=O) groups excluding carboxylic acids is 1. The van der Waals surface area contributed by atoms with Crippen molar-refractivity contribution in [3.8, 4) is 5.75 Å². The number of benzene rings is 2. The van der Waals surface area contributed by atoms with Crippen molar-refractivity contribution >= 4 is 29.8 Å². The van der Waals surface area contributed by atoms with Crippen LogP contribution in [0.15, 0.2) is 48.5 Å². The Kier molecular flexibility index (Phi) is 18.1. The third-order valence-electron chi connectivity index (χ3n) is 8.84. The number of likely N-dealkylation sites (tertiary alicyclic amines) is 2. The van der Waals surface area contributed by atoms with Crippen molar-refractivity contribution in [2.24, 2.45) is 5.92 Å². The second-order valence-electron chi connectivity index (χ2n) is 13.3. The monoisotopic (exact) mass is 717 g/mol. The number of ether oxygens (including phenoxy) is 1. The van der Waals surface area contributed by atoms with Crippen molar-refractivity contribution < 1.29 is 53.5 Å². The van der Waals surface area contributed by atoms with Gasteiger partial charge >= 0.3 is 23.9 Å². The molecule has 4 N–H and O–H groups in total. The highest BCUT2D eigenvalue weighted by Gasteiger charge is 2.29. The maximum Gasteiger partial charge on any atom is 0.414 e. The summed E-state index contributed by atoms with van der Waals surface area (Å²) < 4.78 is 19.3. The Hall–Kier alpha value is -4.56. The second kappa shape index (κ2) is 21.6. The van der Waals surface area contributed by atoms with E-state index in [4.69, 9.17) is 44.3 Å². The molecule has 2 aliphatic heterocycles. The van der Waals surface area contributed by atoms with Crippen LogP contribution in [0.2, 0.25) is 0 Å². The molecular weight excluding hydrogens is 665 g/mol. The van der Waals surface area contributed by atoms with E-state index in [9.17, 15) is 9.18 Å². The molecule has 14 heteroatoms. The number of aliphatic carboxylic acids is 4. The van der Waals surface area contributed by atoms with E-state index in [0.29, 0.717) is 37.6 Å². The summed E-state index contributed by atoms with van der Waals surface area (Å²) in [5.41, 5.74) is 1.96. The molecule has 282 valence electrons. The van der Waals surface area contributed by atoms with Gasteiger partial charge in [-0.2, -0.15) is 0 Å². The third kappa shape index (κ3) is 15.9. The lowest BCUT2D eigenvalue weighted by Crippen LogP contribution is -2.48. The standard InChI is InChI=1S/C33H48FN3O2.2C2H2O4/c1-25(2)24-39-32-14-10-28(11-15-32)22-33(38)37(23-29-8-12-30(34)13-9-29)31-16-20-35(21-17-31)18-5-19-36-26(3)6-7-27(36)4;2*3-1(4)2(5)6/h8-15,25-27,31H,5-7,16-24H2,1-4H3;2*(H,3,4)(H,5,6).